The van der Waals surface area contributed by atoms with Gasteiger partial charge in [-0.25, -0.2) is 9.18 Å². The van der Waals surface area contributed by atoms with Crippen molar-refractivity contribution in [1.29, 1.82) is 0 Å². The lowest BCUT2D eigenvalue weighted by Crippen LogP contribution is -2.50. The second-order valence-corrected chi connectivity index (χ2v) is 9.08. The fraction of sp³-hybridized carbons (Fsp3) is 0.435. The summed E-state index contributed by atoms with van der Waals surface area (Å²) in [6.45, 7) is 8.17. The first-order valence-electron chi connectivity index (χ1n) is 10.3. The number of fused-ring (bicyclic) bond motifs is 1. The van der Waals surface area contributed by atoms with Crippen molar-refractivity contribution >= 4 is 23.4 Å². The molecule has 2 heterocycles. The Morgan fingerprint density at radius 2 is 1.90 bits per heavy atom. The minimum Gasteiger partial charge on any atom is -0.483 e. The van der Waals surface area contributed by atoms with Crippen LogP contribution < -0.4 is 14.4 Å². The highest BCUT2D eigenvalue weighted by Crippen LogP contribution is 2.43. The van der Waals surface area contributed by atoms with E-state index in [0.29, 0.717) is 48.3 Å². The second-order valence-electron chi connectivity index (χ2n) is 8.64. The van der Waals surface area contributed by atoms with Crippen LogP contribution >= 0.6 is 11.6 Å². The number of carbonyl (C=O) groups excluding carboxylic acids is 1. The minimum absolute atomic E-state index is 0.195. The van der Waals surface area contributed by atoms with Gasteiger partial charge >= 0.3 is 6.09 Å². The quantitative estimate of drug-likeness (QED) is 0.643. The Kier molecular flexibility index (Phi) is 5.88. The van der Waals surface area contributed by atoms with E-state index in [2.05, 4.69) is 4.90 Å². The van der Waals surface area contributed by atoms with Gasteiger partial charge in [-0.15, -0.1) is 0 Å². The molecule has 0 N–H and O–H groups in total. The predicted octanol–water partition coefficient (Wildman–Crippen LogP) is 5.05. The molecule has 1 amide bonds. The fourth-order valence-electron chi connectivity index (χ4n) is 3.71. The van der Waals surface area contributed by atoms with Gasteiger partial charge in [0.2, 0.25) is 0 Å². The van der Waals surface area contributed by atoms with Crippen LogP contribution in [-0.2, 0) is 4.74 Å². The normalized spacial score (nSPS) is 18.7. The van der Waals surface area contributed by atoms with E-state index in [1.165, 1.54) is 6.07 Å². The first-order chi connectivity index (χ1) is 14.7. The van der Waals surface area contributed by atoms with Gasteiger partial charge in [-0.3, -0.25) is 0 Å². The molecule has 1 fully saturated rings. The standard InChI is InChI=1S/C23H26ClFN2O4/c1-23(2,3)31-22(28)27-11-9-26(10-12-27)18-5-4-6-19-21(18)29-14-20(30-19)16-8-7-15(24)13-17(16)25/h4-8,13,20H,9-12,14H2,1-3H3. The molecule has 1 unspecified atom stereocenters. The molecular weight excluding hydrogens is 423 g/mol. The Morgan fingerprint density at radius 1 is 1.16 bits per heavy atom. The summed E-state index contributed by atoms with van der Waals surface area (Å²) in [5.74, 6) is 0.787. The molecule has 2 aliphatic heterocycles. The summed E-state index contributed by atoms with van der Waals surface area (Å²) < 4.78 is 31.9. The molecule has 2 aromatic rings. The summed E-state index contributed by atoms with van der Waals surface area (Å²) in [6, 6.07) is 10.2. The van der Waals surface area contributed by atoms with Crippen molar-refractivity contribution in [1.82, 2.24) is 4.90 Å². The van der Waals surface area contributed by atoms with Gasteiger partial charge in [0.1, 0.15) is 18.0 Å². The van der Waals surface area contributed by atoms with E-state index in [-0.39, 0.29) is 12.7 Å². The molecule has 0 aromatic heterocycles. The van der Waals surface area contributed by atoms with Crippen molar-refractivity contribution in [2.24, 2.45) is 0 Å². The van der Waals surface area contributed by atoms with E-state index >= 15 is 0 Å². The van der Waals surface area contributed by atoms with Gasteiger partial charge in [-0.1, -0.05) is 23.7 Å². The van der Waals surface area contributed by atoms with E-state index in [1.807, 2.05) is 39.0 Å². The van der Waals surface area contributed by atoms with Crippen molar-refractivity contribution < 1.29 is 23.4 Å². The molecule has 2 aromatic carbocycles. The molecule has 0 radical (unpaired) electrons. The summed E-state index contributed by atoms with van der Waals surface area (Å²) >= 11 is 5.86. The summed E-state index contributed by atoms with van der Waals surface area (Å²) in [6.07, 6.45) is -0.848. The van der Waals surface area contributed by atoms with Crippen LogP contribution in [0, 0.1) is 5.82 Å². The van der Waals surface area contributed by atoms with Crippen LogP contribution in [0.2, 0.25) is 5.02 Å². The van der Waals surface area contributed by atoms with Crippen LogP contribution in [-0.4, -0.2) is 49.4 Å². The van der Waals surface area contributed by atoms with Gasteiger partial charge in [0.25, 0.3) is 0 Å². The zero-order chi connectivity index (χ0) is 22.2. The fourth-order valence-corrected chi connectivity index (χ4v) is 3.87. The number of amides is 1. The Balaban J connectivity index is 1.45. The maximum atomic E-state index is 14.3. The monoisotopic (exact) mass is 448 g/mol. The van der Waals surface area contributed by atoms with Gasteiger partial charge in [-0.05, 0) is 45.0 Å². The maximum absolute atomic E-state index is 14.3. The number of rotatable bonds is 2. The number of benzene rings is 2. The average molecular weight is 449 g/mol. The topological polar surface area (TPSA) is 51.2 Å². The first-order valence-corrected chi connectivity index (χ1v) is 10.7. The molecule has 1 saturated heterocycles. The number of anilines is 1. The maximum Gasteiger partial charge on any atom is 0.410 e. The van der Waals surface area contributed by atoms with Crippen molar-refractivity contribution in [3.63, 3.8) is 0 Å². The van der Waals surface area contributed by atoms with Gasteiger partial charge in [0.15, 0.2) is 17.6 Å². The smallest absolute Gasteiger partial charge is 0.410 e. The van der Waals surface area contributed by atoms with E-state index in [1.54, 1.807) is 17.0 Å². The molecule has 0 bridgehead atoms. The molecule has 0 spiro atoms. The Bertz CT molecular complexity index is 971. The summed E-state index contributed by atoms with van der Waals surface area (Å²) in [4.78, 5) is 16.2. The number of carbonyl (C=O) groups is 1. The van der Waals surface area contributed by atoms with Crippen LogP contribution in [0.25, 0.3) is 0 Å². The zero-order valence-electron chi connectivity index (χ0n) is 17.9. The molecular formula is C23H26ClFN2O4. The van der Waals surface area contributed by atoms with Crippen LogP contribution in [0.4, 0.5) is 14.9 Å². The van der Waals surface area contributed by atoms with Gasteiger partial charge in [0, 0.05) is 36.8 Å². The molecule has 0 aliphatic carbocycles. The summed E-state index contributed by atoms with van der Waals surface area (Å²) in [5.41, 5.74) is 0.792. The minimum atomic E-state index is -0.552. The van der Waals surface area contributed by atoms with E-state index < -0.39 is 17.5 Å². The molecule has 4 rings (SSSR count). The van der Waals surface area contributed by atoms with Crippen molar-refractivity contribution in [2.45, 2.75) is 32.5 Å². The van der Waals surface area contributed by atoms with Crippen molar-refractivity contribution in [2.75, 3.05) is 37.7 Å². The molecule has 6 nitrogen and oxygen atoms in total. The lowest BCUT2D eigenvalue weighted by atomic mass is 10.1. The SMILES string of the molecule is CC(C)(C)OC(=O)N1CCN(c2cccc3c2OCC(c2ccc(Cl)cc2F)O3)CC1. The molecule has 1 atom stereocenters. The van der Waals surface area contributed by atoms with Crippen LogP contribution in [0.5, 0.6) is 11.5 Å². The highest BCUT2D eigenvalue weighted by Gasteiger charge is 2.31. The number of piperazine rings is 1. The third-order valence-corrected chi connectivity index (χ3v) is 5.42. The van der Waals surface area contributed by atoms with Gasteiger partial charge in [-0.2, -0.15) is 0 Å². The molecule has 8 heteroatoms. The Hall–Kier alpha value is -2.67. The summed E-state index contributed by atoms with van der Waals surface area (Å²) in [5, 5.41) is 0.339. The number of hydrogen-bond donors (Lipinski definition) is 0. The van der Waals surface area contributed by atoms with Gasteiger partial charge < -0.3 is 24.0 Å². The molecule has 166 valence electrons. The number of nitrogens with zero attached hydrogens (tertiary/aromatic N) is 2. The molecule has 31 heavy (non-hydrogen) atoms. The van der Waals surface area contributed by atoms with Crippen molar-refractivity contribution in [3.05, 3.63) is 52.8 Å². The third kappa shape index (κ3) is 4.82. The van der Waals surface area contributed by atoms with E-state index in [0.717, 1.165) is 5.69 Å². The third-order valence-electron chi connectivity index (χ3n) is 5.19. The van der Waals surface area contributed by atoms with E-state index in [4.69, 9.17) is 25.8 Å². The Morgan fingerprint density at radius 3 is 2.58 bits per heavy atom. The Labute approximate surface area is 186 Å². The lowest BCUT2D eigenvalue weighted by Gasteiger charge is -2.38. The lowest BCUT2D eigenvalue weighted by molar-refractivity contribution is 0.0240. The molecule has 0 saturated carbocycles. The highest BCUT2D eigenvalue weighted by atomic mass is 35.5. The zero-order valence-corrected chi connectivity index (χ0v) is 18.6. The van der Waals surface area contributed by atoms with Gasteiger partial charge in [0.05, 0.1) is 5.69 Å². The number of ether oxygens (including phenoxy) is 3. The predicted molar refractivity (Wildman–Crippen MR) is 117 cm³/mol. The largest absolute Gasteiger partial charge is 0.483 e. The van der Waals surface area contributed by atoms with Crippen LogP contribution in [0.15, 0.2) is 36.4 Å². The highest BCUT2D eigenvalue weighted by molar-refractivity contribution is 6.30. The average Bonchev–Trinajstić information content (AvgIpc) is 2.72. The van der Waals surface area contributed by atoms with Crippen LogP contribution in [0.1, 0.15) is 32.4 Å². The second kappa shape index (κ2) is 8.46. The molecule has 2 aliphatic rings. The van der Waals surface area contributed by atoms with Crippen molar-refractivity contribution in [3.8, 4) is 11.5 Å². The number of halogens is 2. The van der Waals surface area contributed by atoms with E-state index in [9.17, 15) is 9.18 Å². The van der Waals surface area contributed by atoms with Crippen LogP contribution in [0.3, 0.4) is 0 Å². The summed E-state index contributed by atoms with van der Waals surface area (Å²) in [7, 11) is 0. The first kappa shape index (κ1) is 21.6. The number of hydrogen-bond acceptors (Lipinski definition) is 5. The number of para-hydroxylation sites is 1.